The maximum Gasteiger partial charge on any atom is 0.251 e. The fourth-order valence-electron chi connectivity index (χ4n) is 2.45. The Bertz CT molecular complexity index is 909. The van der Waals surface area contributed by atoms with Gasteiger partial charge in [-0.3, -0.25) is 4.79 Å². The molecule has 134 valence electrons. The van der Waals surface area contributed by atoms with Crippen LogP contribution in [0.1, 0.15) is 66.5 Å². The third kappa shape index (κ3) is 3.49. The van der Waals surface area contributed by atoms with Crippen LogP contribution < -0.4 is 5.32 Å². The average Bonchev–Trinajstić information content (AvgIpc) is 3.19. The van der Waals surface area contributed by atoms with Crippen LogP contribution >= 0.6 is 0 Å². The molecular weight excluding hydrogens is 334 g/mol. The number of hydrogen-bond donors (Lipinski definition) is 1. The lowest BCUT2D eigenvalue weighted by Crippen LogP contribution is -2.23. The zero-order valence-electron chi connectivity index (χ0n) is 14.6. The molecule has 1 amide bonds. The van der Waals surface area contributed by atoms with Gasteiger partial charge < -0.3 is 14.4 Å². The van der Waals surface area contributed by atoms with Gasteiger partial charge in [0, 0.05) is 23.0 Å². The van der Waals surface area contributed by atoms with Gasteiger partial charge in [-0.1, -0.05) is 36.3 Å². The predicted octanol–water partition coefficient (Wildman–Crippen LogP) is 3.05. The third-order valence-electron chi connectivity index (χ3n) is 4.16. The van der Waals surface area contributed by atoms with E-state index in [1.54, 1.807) is 12.1 Å². The molecule has 1 aromatic carbocycles. The zero-order chi connectivity index (χ0) is 18.1. The molecule has 4 rings (SSSR count). The van der Waals surface area contributed by atoms with Crippen molar-refractivity contribution in [1.29, 1.82) is 0 Å². The van der Waals surface area contributed by atoms with Crippen molar-refractivity contribution in [1.82, 2.24) is 25.6 Å². The summed E-state index contributed by atoms with van der Waals surface area (Å²) < 4.78 is 10.4. The van der Waals surface area contributed by atoms with Crippen molar-refractivity contribution in [2.24, 2.45) is 0 Å². The topological polar surface area (TPSA) is 107 Å². The lowest BCUT2D eigenvalue weighted by Gasteiger charge is -2.03. The van der Waals surface area contributed by atoms with Crippen molar-refractivity contribution < 1.29 is 13.8 Å². The summed E-state index contributed by atoms with van der Waals surface area (Å²) in [4.78, 5) is 20.9. The molecule has 26 heavy (non-hydrogen) atoms. The first kappa shape index (κ1) is 16.4. The van der Waals surface area contributed by atoms with E-state index >= 15 is 0 Å². The predicted molar refractivity (Wildman–Crippen MR) is 91.3 cm³/mol. The smallest absolute Gasteiger partial charge is 0.251 e. The Hall–Kier alpha value is -3.03. The summed E-state index contributed by atoms with van der Waals surface area (Å²) in [6.45, 7) is 4.15. The number of benzene rings is 1. The molecule has 0 bridgehead atoms. The molecule has 0 atom stereocenters. The standard InChI is InChI=1S/C18H19N5O3/c1-10(2)17-20-14(22-25-17)9-19-16(24)12-5-3-11(4-6-12)15-21-18(26-23-15)13-7-8-13/h3-6,10,13H,7-9H2,1-2H3,(H,19,24). The molecule has 1 saturated carbocycles. The van der Waals surface area contributed by atoms with Gasteiger partial charge in [-0.15, -0.1) is 0 Å². The summed E-state index contributed by atoms with van der Waals surface area (Å²) in [7, 11) is 0. The van der Waals surface area contributed by atoms with Gasteiger partial charge >= 0.3 is 0 Å². The zero-order valence-corrected chi connectivity index (χ0v) is 14.6. The molecule has 8 heteroatoms. The van der Waals surface area contributed by atoms with Crippen molar-refractivity contribution >= 4 is 5.91 Å². The van der Waals surface area contributed by atoms with E-state index in [9.17, 15) is 4.79 Å². The highest BCUT2D eigenvalue weighted by atomic mass is 16.5. The first-order valence-corrected chi connectivity index (χ1v) is 8.65. The number of carbonyl (C=O) groups is 1. The Labute approximate surface area is 150 Å². The molecule has 1 aliphatic carbocycles. The van der Waals surface area contributed by atoms with Crippen molar-refractivity contribution in [3.05, 3.63) is 47.4 Å². The van der Waals surface area contributed by atoms with Gasteiger partial charge in [-0.25, -0.2) is 0 Å². The SMILES string of the molecule is CC(C)c1nc(CNC(=O)c2ccc(-c3noc(C4CC4)n3)cc2)no1. The monoisotopic (exact) mass is 353 g/mol. The summed E-state index contributed by atoms with van der Waals surface area (Å²) in [6.07, 6.45) is 2.22. The third-order valence-corrected chi connectivity index (χ3v) is 4.16. The minimum Gasteiger partial charge on any atom is -0.345 e. The molecule has 0 spiro atoms. The molecule has 1 N–H and O–H groups in total. The molecule has 8 nitrogen and oxygen atoms in total. The first-order chi connectivity index (χ1) is 12.6. The average molecular weight is 353 g/mol. The number of aromatic nitrogens is 4. The highest BCUT2D eigenvalue weighted by molar-refractivity contribution is 5.94. The Kier molecular flexibility index (Phi) is 4.24. The van der Waals surface area contributed by atoms with E-state index in [0.717, 1.165) is 18.4 Å². The van der Waals surface area contributed by atoms with Gasteiger partial charge in [-0.2, -0.15) is 9.97 Å². The van der Waals surface area contributed by atoms with E-state index in [1.165, 1.54) is 0 Å². The Morgan fingerprint density at radius 1 is 1.15 bits per heavy atom. The van der Waals surface area contributed by atoms with Crippen LogP contribution in [0.3, 0.4) is 0 Å². The minimum atomic E-state index is -0.209. The van der Waals surface area contributed by atoms with Gasteiger partial charge in [0.1, 0.15) is 0 Å². The summed E-state index contributed by atoms with van der Waals surface area (Å²) in [5, 5.41) is 10.6. The van der Waals surface area contributed by atoms with Crippen LogP contribution in [0.4, 0.5) is 0 Å². The maximum absolute atomic E-state index is 12.3. The van der Waals surface area contributed by atoms with Crippen LogP contribution in [0.15, 0.2) is 33.3 Å². The second-order valence-electron chi connectivity index (χ2n) is 6.69. The quantitative estimate of drug-likeness (QED) is 0.725. The molecule has 0 saturated heterocycles. The van der Waals surface area contributed by atoms with Crippen LogP contribution in [0, 0.1) is 0 Å². The normalized spacial score (nSPS) is 14.0. The molecule has 2 aromatic heterocycles. The fraction of sp³-hybridized carbons (Fsp3) is 0.389. The van der Waals surface area contributed by atoms with Crippen molar-refractivity contribution in [3.8, 4) is 11.4 Å². The Morgan fingerprint density at radius 3 is 2.58 bits per heavy atom. The summed E-state index contributed by atoms with van der Waals surface area (Å²) in [5.41, 5.74) is 1.35. The van der Waals surface area contributed by atoms with Gasteiger partial charge in [0.25, 0.3) is 5.91 Å². The molecule has 1 aliphatic rings. The number of nitrogens with one attached hydrogen (secondary N) is 1. The van der Waals surface area contributed by atoms with Crippen LogP contribution in [-0.2, 0) is 6.54 Å². The number of rotatable bonds is 6. The number of nitrogens with zero attached hydrogens (tertiary/aromatic N) is 4. The van der Waals surface area contributed by atoms with Gasteiger partial charge in [0.15, 0.2) is 5.82 Å². The molecule has 0 unspecified atom stereocenters. The Morgan fingerprint density at radius 2 is 1.92 bits per heavy atom. The second-order valence-corrected chi connectivity index (χ2v) is 6.69. The molecule has 2 heterocycles. The largest absolute Gasteiger partial charge is 0.345 e. The Balaban J connectivity index is 1.38. The number of hydrogen-bond acceptors (Lipinski definition) is 7. The van der Waals surface area contributed by atoms with E-state index in [2.05, 4.69) is 25.6 Å². The summed E-state index contributed by atoms with van der Waals surface area (Å²) in [5.74, 6) is 2.63. The van der Waals surface area contributed by atoms with Crippen LogP contribution in [-0.4, -0.2) is 26.2 Å². The van der Waals surface area contributed by atoms with E-state index in [-0.39, 0.29) is 18.4 Å². The van der Waals surface area contributed by atoms with Crippen LogP contribution in [0.25, 0.3) is 11.4 Å². The van der Waals surface area contributed by atoms with Crippen molar-refractivity contribution in [2.45, 2.75) is 45.1 Å². The van der Waals surface area contributed by atoms with Gasteiger partial charge in [0.2, 0.25) is 17.6 Å². The van der Waals surface area contributed by atoms with E-state index in [4.69, 9.17) is 9.05 Å². The number of carbonyl (C=O) groups excluding carboxylic acids is 1. The lowest BCUT2D eigenvalue weighted by molar-refractivity contribution is 0.0949. The molecule has 0 radical (unpaired) electrons. The molecule has 3 aromatic rings. The fourth-order valence-corrected chi connectivity index (χ4v) is 2.45. The van der Waals surface area contributed by atoms with Gasteiger partial charge in [0.05, 0.1) is 6.54 Å². The first-order valence-electron chi connectivity index (χ1n) is 8.65. The second kappa shape index (κ2) is 6.70. The van der Waals surface area contributed by atoms with E-state index < -0.39 is 0 Å². The van der Waals surface area contributed by atoms with Crippen LogP contribution in [0.2, 0.25) is 0 Å². The van der Waals surface area contributed by atoms with Crippen molar-refractivity contribution in [2.75, 3.05) is 0 Å². The minimum absolute atomic E-state index is 0.157. The van der Waals surface area contributed by atoms with Gasteiger partial charge in [-0.05, 0) is 25.0 Å². The summed E-state index contributed by atoms with van der Waals surface area (Å²) in [6, 6.07) is 7.07. The van der Waals surface area contributed by atoms with Crippen LogP contribution in [0.5, 0.6) is 0 Å². The maximum atomic E-state index is 12.3. The van der Waals surface area contributed by atoms with Crippen molar-refractivity contribution in [3.63, 3.8) is 0 Å². The number of amides is 1. The highest BCUT2D eigenvalue weighted by Crippen LogP contribution is 2.39. The molecular formula is C18H19N5O3. The highest BCUT2D eigenvalue weighted by Gasteiger charge is 2.29. The molecule has 1 fully saturated rings. The van der Waals surface area contributed by atoms with E-state index in [0.29, 0.717) is 34.9 Å². The molecule has 0 aliphatic heterocycles. The summed E-state index contributed by atoms with van der Waals surface area (Å²) >= 11 is 0. The lowest BCUT2D eigenvalue weighted by atomic mass is 10.1. The van der Waals surface area contributed by atoms with E-state index in [1.807, 2.05) is 26.0 Å².